The number of aromatic hydroxyl groups is 1. The van der Waals surface area contributed by atoms with Crippen LogP contribution in [0.2, 0.25) is 10.0 Å². The molecule has 0 aliphatic rings. The first-order valence-corrected chi connectivity index (χ1v) is 8.45. The van der Waals surface area contributed by atoms with Gasteiger partial charge in [0.05, 0.1) is 10.0 Å². The Bertz CT molecular complexity index is 922. The van der Waals surface area contributed by atoms with Crippen LogP contribution in [0, 0.1) is 0 Å². The third-order valence-corrected chi connectivity index (χ3v) is 4.11. The second-order valence-corrected chi connectivity index (χ2v) is 6.20. The first-order chi connectivity index (χ1) is 12.5. The molecule has 0 unspecified atom stereocenters. The summed E-state index contributed by atoms with van der Waals surface area (Å²) in [6, 6.07) is 14.6. The van der Waals surface area contributed by atoms with Crippen molar-refractivity contribution in [1.82, 2.24) is 0 Å². The minimum Gasteiger partial charge on any atom is -0.508 e. The highest BCUT2D eigenvalue weighted by Crippen LogP contribution is 2.33. The number of halogens is 2. The van der Waals surface area contributed by atoms with Crippen LogP contribution in [0.15, 0.2) is 65.1 Å². The van der Waals surface area contributed by atoms with E-state index in [0.717, 1.165) is 0 Å². The van der Waals surface area contributed by atoms with Gasteiger partial charge in [0.15, 0.2) is 11.5 Å². The molecule has 4 nitrogen and oxygen atoms in total. The van der Waals surface area contributed by atoms with Gasteiger partial charge in [-0.2, -0.15) is 0 Å². The lowest BCUT2D eigenvalue weighted by Gasteiger charge is -2.07. The van der Waals surface area contributed by atoms with Gasteiger partial charge in [0.2, 0.25) is 0 Å². The van der Waals surface area contributed by atoms with Crippen molar-refractivity contribution in [3.8, 4) is 11.5 Å². The van der Waals surface area contributed by atoms with Gasteiger partial charge in [-0.05, 0) is 60.7 Å². The highest BCUT2D eigenvalue weighted by atomic mass is 35.5. The normalized spacial score (nSPS) is 11.0. The van der Waals surface area contributed by atoms with Gasteiger partial charge >= 0.3 is 0 Å². The van der Waals surface area contributed by atoms with Crippen molar-refractivity contribution in [3.63, 3.8) is 0 Å². The quantitative estimate of drug-likeness (QED) is 0.430. The first kappa shape index (κ1) is 18.1. The van der Waals surface area contributed by atoms with Gasteiger partial charge in [-0.3, -0.25) is 4.79 Å². The predicted molar refractivity (Wildman–Crippen MR) is 101 cm³/mol. The molecule has 2 aromatic carbocycles. The minimum atomic E-state index is -0.193. The second kappa shape index (κ2) is 8.13. The van der Waals surface area contributed by atoms with Gasteiger partial charge in [-0.25, -0.2) is 0 Å². The molecule has 0 saturated heterocycles. The van der Waals surface area contributed by atoms with E-state index in [4.69, 9.17) is 32.4 Å². The number of phenolic OH excluding ortho intramolecular Hbond substituents is 1. The van der Waals surface area contributed by atoms with E-state index in [1.54, 1.807) is 48.5 Å². The van der Waals surface area contributed by atoms with E-state index in [1.165, 1.54) is 18.2 Å². The molecule has 0 spiro atoms. The molecule has 0 radical (unpaired) electrons. The van der Waals surface area contributed by atoms with Crippen molar-refractivity contribution in [3.05, 3.63) is 87.8 Å². The molecule has 1 aromatic heterocycles. The Morgan fingerprint density at radius 1 is 1.04 bits per heavy atom. The largest absolute Gasteiger partial charge is 0.508 e. The number of ether oxygens (including phenoxy) is 1. The first-order valence-electron chi connectivity index (χ1n) is 7.70. The summed E-state index contributed by atoms with van der Waals surface area (Å²) in [5.74, 6) is 1.40. The van der Waals surface area contributed by atoms with Crippen LogP contribution in [-0.2, 0) is 6.61 Å². The molecular formula is C20H14Cl2O4. The van der Waals surface area contributed by atoms with Crippen molar-refractivity contribution in [2.75, 3.05) is 0 Å². The Labute approximate surface area is 160 Å². The zero-order valence-corrected chi connectivity index (χ0v) is 15.0. The third kappa shape index (κ3) is 4.48. The fourth-order valence-electron chi connectivity index (χ4n) is 2.21. The summed E-state index contributed by atoms with van der Waals surface area (Å²) in [7, 11) is 0. The third-order valence-electron chi connectivity index (χ3n) is 3.51. The molecule has 0 fully saturated rings. The number of allylic oxidation sites excluding steroid dienone is 1. The van der Waals surface area contributed by atoms with E-state index in [2.05, 4.69) is 0 Å². The number of phenols is 1. The van der Waals surface area contributed by atoms with Crippen molar-refractivity contribution >= 4 is 35.1 Å². The predicted octanol–water partition coefficient (Wildman–Crippen LogP) is 5.77. The number of rotatable bonds is 6. The standard InChI is InChI=1S/C20H14Cl2O4/c21-17-2-1-3-18(22)20(17)25-12-16-9-8-15(26-16)10-11-19(24)13-4-6-14(23)7-5-13/h1-11,23H,12H2/b11-10+. The molecule has 6 heteroatoms. The van der Waals surface area contributed by atoms with Crippen LogP contribution in [0.5, 0.6) is 11.5 Å². The van der Waals surface area contributed by atoms with Crippen molar-refractivity contribution in [2.45, 2.75) is 6.61 Å². The summed E-state index contributed by atoms with van der Waals surface area (Å²) in [5.41, 5.74) is 0.475. The molecule has 0 bridgehead atoms. The van der Waals surface area contributed by atoms with Crippen LogP contribution in [0.25, 0.3) is 6.08 Å². The number of furan rings is 1. The van der Waals surface area contributed by atoms with E-state index < -0.39 is 0 Å². The highest BCUT2D eigenvalue weighted by Gasteiger charge is 2.09. The molecule has 0 saturated carbocycles. The summed E-state index contributed by atoms with van der Waals surface area (Å²) < 4.78 is 11.2. The molecule has 0 aliphatic carbocycles. The fourth-order valence-corrected chi connectivity index (χ4v) is 2.71. The van der Waals surface area contributed by atoms with Gasteiger partial charge < -0.3 is 14.3 Å². The van der Waals surface area contributed by atoms with Crippen LogP contribution in [0.3, 0.4) is 0 Å². The molecule has 0 atom stereocenters. The Morgan fingerprint density at radius 2 is 1.73 bits per heavy atom. The van der Waals surface area contributed by atoms with Crippen molar-refractivity contribution in [2.24, 2.45) is 0 Å². The average molecular weight is 389 g/mol. The molecule has 0 aliphatic heterocycles. The zero-order chi connectivity index (χ0) is 18.5. The number of benzene rings is 2. The molecule has 0 amide bonds. The molecular weight excluding hydrogens is 375 g/mol. The Kier molecular flexibility index (Phi) is 5.66. The van der Waals surface area contributed by atoms with Gasteiger partial charge in [-0.15, -0.1) is 0 Å². The maximum absolute atomic E-state index is 12.1. The Morgan fingerprint density at radius 3 is 2.42 bits per heavy atom. The summed E-state index contributed by atoms with van der Waals surface area (Å²) in [5, 5.41) is 10.1. The second-order valence-electron chi connectivity index (χ2n) is 5.39. The molecule has 3 rings (SSSR count). The van der Waals surface area contributed by atoms with Crippen LogP contribution in [0.4, 0.5) is 0 Å². The lowest BCUT2D eigenvalue weighted by molar-refractivity contribution is 0.104. The lowest BCUT2D eigenvalue weighted by atomic mass is 10.1. The smallest absolute Gasteiger partial charge is 0.185 e. The maximum atomic E-state index is 12.1. The summed E-state index contributed by atoms with van der Waals surface area (Å²) >= 11 is 12.1. The molecule has 1 heterocycles. The number of carbonyl (C=O) groups excluding carboxylic acids is 1. The van der Waals surface area contributed by atoms with E-state index in [1.807, 2.05) is 0 Å². The van der Waals surface area contributed by atoms with Crippen molar-refractivity contribution in [1.29, 1.82) is 0 Å². The number of hydrogen-bond donors (Lipinski definition) is 1. The molecule has 1 N–H and O–H groups in total. The van der Waals surface area contributed by atoms with Crippen LogP contribution < -0.4 is 4.74 Å². The molecule has 26 heavy (non-hydrogen) atoms. The van der Waals surface area contributed by atoms with E-state index in [9.17, 15) is 9.90 Å². The van der Waals surface area contributed by atoms with Crippen LogP contribution in [-0.4, -0.2) is 10.9 Å². The summed E-state index contributed by atoms with van der Waals surface area (Å²) in [6.45, 7) is 0.156. The summed E-state index contributed by atoms with van der Waals surface area (Å²) in [6.07, 6.45) is 2.97. The van der Waals surface area contributed by atoms with E-state index >= 15 is 0 Å². The average Bonchev–Trinajstić information content (AvgIpc) is 3.08. The SMILES string of the molecule is O=C(/C=C/c1ccc(COc2c(Cl)cccc2Cl)o1)c1ccc(O)cc1. The zero-order valence-electron chi connectivity index (χ0n) is 13.5. The molecule has 3 aromatic rings. The monoisotopic (exact) mass is 388 g/mol. The number of ketones is 1. The fraction of sp³-hybridized carbons (Fsp3) is 0.0500. The van der Waals surface area contributed by atoms with Crippen molar-refractivity contribution < 1.29 is 19.1 Å². The minimum absolute atomic E-state index is 0.111. The molecule has 132 valence electrons. The maximum Gasteiger partial charge on any atom is 0.185 e. The highest BCUT2D eigenvalue weighted by molar-refractivity contribution is 6.37. The van der Waals surface area contributed by atoms with Gasteiger partial charge in [0, 0.05) is 5.56 Å². The van der Waals surface area contributed by atoms with Gasteiger partial charge in [-0.1, -0.05) is 29.3 Å². The lowest BCUT2D eigenvalue weighted by Crippen LogP contribution is -1.95. The summed E-state index contributed by atoms with van der Waals surface area (Å²) in [4.78, 5) is 12.1. The number of hydrogen-bond acceptors (Lipinski definition) is 4. The van der Waals surface area contributed by atoms with E-state index in [-0.39, 0.29) is 18.1 Å². The van der Waals surface area contributed by atoms with Crippen LogP contribution >= 0.6 is 23.2 Å². The van der Waals surface area contributed by atoms with E-state index in [0.29, 0.717) is 32.9 Å². The van der Waals surface area contributed by atoms with Gasteiger partial charge in [0.25, 0.3) is 0 Å². The number of carbonyl (C=O) groups is 1. The number of para-hydroxylation sites is 1. The Balaban J connectivity index is 1.62. The van der Waals surface area contributed by atoms with Gasteiger partial charge in [0.1, 0.15) is 23.9 Å². The van der Waals surface area contributed by atoms with Crippen LogP contribution in [0.1, 0.15) is 21.9 Å². The topological polar surface area (TPSA) is 59.7 Å². The Hall–Kier alpha value is -2.69.